The Morgan fingerprint density at radius 2 is 2.18 bits per heavy atom. The molecule has 1 aromatic heterocycles. The van der Waals surface area contributed by atoms with Crippen LogP contribution in [0, 0.1) is 12.7 Å². The third kappa shape index (κ3) is 3.33. The van der Waals surface area contributed by atoms with Gasteiger partial charge in [0.25, 0.3) is 0 Å². The molecule has 2 saturated heterocycles. The zero-order valence-corrected chi connectivity index (χ0v) is 15.7. The van der Waals surface area contributed by atoms with Crippen LogP contribution in [0.4, 0.5) is 4.39 Å². The SMILES string of the molecule is COc1ccc(-c2nc(CN3CCN4C(=O)CNC(=O)C4C3)c(C)o2)c(F)c1. The summed E-state index contributed by atoms with van der Waals surface area (Å²) in [5.74, 6) is 0.552. The number of carbonyl (C=O) groups excluding carboxylic acids is 2. The third-order valence-electron chi connectivity index (χ3n) is 5.17. The van der Waals surface area contributed by atoms with Gasteiger partial charge in [-0.1, -0.05) is 0 Å². The van der Waals surface area contributed by atoms with Gasteiger partial charge < -0.3 is 19.4 Å². The van der Waals surface area contributed by atoms with Crippen LogP contribution in [0.25, 0.3) is 11.5 Å². The number of oxazole rings is 1. The summed E-state index contributed by atoms with van der Waals surface area (Å²) in [4.78, 5) is 32.2. The van der Waals surface area contributed by atoms with Gasteiger partial charge >= 0.3 is 0 Å². The lowest BCUT2D eigenvalue weighted by Gasteiger charge is -2.42. The third-order valence-corrected chi connectivity index (χ3v) is 5.17. The predicted octanol–water partition coefficient (Wildman–Crippen LogP) is 0.940. The van der Waals surface area contributed by atoms with E-state index in [1.54, 1.807) is 24.0 Å². The van der Waals surface area contributed by atoms with Crippen molar-refractivity contribution in [3.8, 4) is 17.2 Å². The lowest BCUT2D eigenvalue weighted by atomic mass is 10.1. The molecule has 0 aliphatic carbocycles. The minimum absolute atomic E-state index is 0.0564. The fourth-order valence-corrected chi connectivity index (χ4v) is 3.59. The molecule has 2 aliphatic heterocycles. The summed E-state index contributed by atoms with van der Waals surface area (Å²) in [6.07, 6.45) is 0. The molecule has 148 valence electrons. The number of benzene rings is 1. The average molecular weight is 388 g/mol. The lowest BCUT2D eigenvalue weighted by Crippen LogP contribution is -2.65. The number of hydrogen-bond acceptors (Lipinski definition) is 6. The number of carbonyl (C=O) groups is 2. The molecule has 2 fully saturated rings. The highest BCUT2D eigenvalue weighted by atomic mass is 19.1. The molecule has 0 radical (unpaired) electrons. The van der Waals surface area contributed by atoms with Crippen LogP contribution in [0.5, 0.6) is 5.75 Å². The molecule has 3 heterocycles. The summed E-state index contributed by atoms with van der Waals surface area (Å²) >= 11 is 0. The first-order chi connectivity index (χ1) is 13.5. The largest absolute Gasteiger partial charge is 0.497 e. The van der Waals surface area contributed by atoms with E-state index in [-0.39, 0.29) is 29.8 Å². The Morgan fingerprint density at radius 1 is 1.36 bits per heavy atom. The van der Waals surface area contributed by atoms with Crippen LogP contribution in [0.2, 0.25) is 0 Å². The number of rotatable bonds is 4. The molecule has 9 heteroatoms. The summed E-state index contributed by atoms with van der Waals surface area (Å²) < 4.78 is 25.0. The van der Waals surface area contributed by atoms with Crippen molar-refractivity contribution in [2.45, 2.75) is 19.5 Å². The number of amides is 2. The molecule has 1 N–H and O–H groups in total. The second kappa shape index (κ2) is 7.23. The number of halogens is 1. The monoisotopic (exact) mass is 388 g/mol. The minimum atomic E-state index is -0.485. The number of nitrogens with zero attached hydrogens (tertiary/aromatic N) is 3. The molecule has 4 rings (SSSR count). The number of aromatic nitrogens is 1. The second-order valence-electron chi connectivity index (χ2n) is 6.92. The molecular formula is C19H21FN4O4. The van der Waals surface area contributed by atoms with Crippen molar-refractivity contribution in [3.05, 3.63) is 35.5 Å². The van der Waals surface area contributed by atoms with Crippen LogP contribution in [0.1, 0.15) is 11.5 Å². The van der Waals surface area contributed by atoms with Crippen LogP contribution >= 0.6 is 0 Å². The Labute approximate surface area is 161 Å². The van der Waals surface area contributed by atoms with Gasteiger partial charge in [-0.05, 0) is 19.1 Å². The number of piperazine rings is 2. The Morgan fingerprint density at radius 3 is 2.93 bits per heavy atom. The van der Waals surface area contributed by atoms with Crippen LogP contribution in [0.15, 0.2) is 22.6 Å². The number of hydrogen-bond donors (Lipinski definition) is 1. The van der Waals surface area contributed by atoms with E-state index in [0.717, 1.165) is 0 Å². The number of fused-ring (bicyclic) bond motifs is 1. The lowest BCUT2D eigenvalue weighted by molar-refractivity contribution is -0.149. The molecule has 2 amide bonds. The Bertz CT molecular complexity index is 929. The second-order valence-corrected chi connectivity index (χ2v) is 6.92. The maximum atomic E-state index is 14.3. The zero-order valence-electron chi connectivity index (χ0n) is 15.7. The van der Waals surface area contributed by atoms with Crippen molar-refractivity contribution in [2.24, 2.45) is 0 Å². The molecule has 0 saturated carbocycles. The molecule has 1 aromatic carbocycles. The van der Waals surface area contributed by atoms with E-state index >= 15 is 0 Å². The summed E-state index contributed by atoms with van der Waals surface area (Å²) in [5.41, 5.74) is 0.943. The maximum Gasteiger partial charge on any atom is 0.244 e. The van der Waals surface area contributed by atoms with Gasteiger partial charge in [0.1, 0.15) is 23.4 Å². The molecule has 0 spiro atoms. The summed E-state index contributed by atoms with van der Waals surface area (Å²) in [7, 11) is 1.47. The van der Waals surface area contributed by atoms with Crippen molar-refractivity contribution in [1.29, 1.82) is 0 Å². The van der Waals surface area contributed by atoms with Crippen LogP contribution < -0.4 is 10.1 Å². The van der Waals surface area contributed by atoms with E-state index in [4.69, 9.17) is 9.15 Å². The number of ether oxygens (including phenoxy) is 1. The van der Waals surface area contributed by atoms with E-state index in [9.17, 15) is 14.0 Å². The van der Waals surface area contributed by atoms with Gasteiger partial charge in [-0.25, -0.2) is 9.37 Å². The van der Waals surface area contributed by atoms with Gasteiger partial charge in [0.2, 0.25) is 17.7 Å². The zero-order chi connectivity index (χ0) is 19.8. The Hall–Kier alpha value is -2.94. The van der Waals surface area contributed by atoms with Gasteiger partial charge in [-0.15, -0.1) is 0 Å². The first-order valence-electron chi connectivity index (χ1n) is 9.06. The van der Waals surface area contributed by atoms with E-state index < -0.39 is 11.9 Å². The van der Waals surface area contributed by atoms with Gasteiger partial charge in [0.15, 0.2) is 0 Å². The number of methoxy groups -OCH3 is 1. The highest BCUT2D eigenvalue weighted by molar-refractivity contribution is 5.95. The summed E-state index contributed by atoms with van der Waals surface area (Å²) in [5, 5.41) is 2.63. The van der Waals surface area contributed by atoms with Gasteiger partial charge in [0.05, 0.1) is 24.9 Å². The standard InChI is InChI=1S/C19H21FN4O4/c1-11-15(22-19(28-11)13-4-3-12(27-2)7-14(13)20)9-23-5-6-24-16(10-23)18(26)21-8-17(24)25/h3-4,7,16H,5-6,8-10H2,1-2H3,(H,21,26). The molecule has 1 atom stereocenters. The Kier molecular flexibility index (Phi) is 4.76. The molecule has 28 heavy (non-hydrogen) atoms. The van der Waals surface area contributed by atoms with E-state index in [1.165, 1.54) is 13.2 Å². The van der Waals surface area contributed by atoms with Crippen molar-refractivity contribution < 1.29 is 23.1 Å². The average Bonchev–Trinajstić information content (AvgIpc) is 3.04. The van der Waals surface area contributed by atoms with Gasteiger partial charge in [-0.2, -0.15) is 0 Å². The fourth-order valence-electron chi connectivity index (χ4n) is 3.59. The van der Waals surface area contributed by atoms with E-state index in [2.05, 4.69) is 15.2 Å². The van der Waals surface area contributed by atoms with E-state index in [1.807, 2.05) is 0 Å². The Balaban J connectivity index is 1.50. The van der Waals surface area contributed by atoms with Crippen molar-refractivity contribution >= 4 is 11.8 Å². The highest BCUT2D eigenvalue weighted by Crippen LogP contribution is 2.28. The minimum Gasteiger partial charge on any atom is -0.497 e. The topological polar surface area (TPSA) is 87.9 Å². The highest BCUT2D eigenvalue weighted by Gasteiger charge is 2.38. The molecular weight excluding hydrogens is 367 g/mol. The van der Waals surface area contributed by atoms with E-state index in [0.29, 0.717) is 43.4 Å². The van der Waals surface area contributed by atoms with Crippen molar-refractivity contribution in [3.63, 3.8) is 0 Å². The maximum absolute atomic E-state index is 14.3. The summed E-state index contributed by atoms with van der Waals surface area (Å²) in [6.45, 7) is 3.85. The molecule has 2 aliphatic rings. The smallest absolute Gasteiger partial charge is 0.244 e. The van der Waals surface area contributed by atoms with Crippen LogP contribution in [0.3, 0.4) is 0 Å². The number of nitrogens with one attached hydrogen (secondary N) is 1. The molecule has 0 bridgehead atoms. The van der Waals surface area contributed by atoms with Crippen molar-refractivity contribution in [1.82, 2.24) is 20.1 Å². The molecule has 1 unspecified atom stereocenters. The first kappa shape index (κ1) is 18.4. The van der Waals surface area contributed by atoms with Gasteiger partial charge in [0, 0.05) is 32.2 Å². The van der Waals surface area contributed by atoms with Crippen LogP contribution in [-0.4, -0.2) is 65.9 Å². The normalized spacial score (nSPS) is 20.1. The van der Waals surface area contributed by atoms with Crippen LogP contribution in [-0.2, 0) is 16.1 Å². The number of aryl methyl sites for hydroxylation is 1. The fraction of sp³-hybridized carbons (Fsp3) is 0.421. The summed E-state index contributed by atoms with van der Waals surface area (Å²) in [6, 6.07) is 4.02. The van der Waals surface area contributed by atoms with Gasteiger partial charge in [-0.3, -0.25) is 14.5 Å². The first-order valence-corrected chi connectivity index (χ1v) is 9.06. The van der Waals surface area contributed by atoms with Crippen molar-refractivity contribution in [2.75, 3.05) is 33.3 Å². The molecule has 2 aromatic rings. The predicted molar refractivity (Wildman–Crippen MR) is 97.0 cm³/mol. The molecule has 8 nitrogen and oxygen atoms in total. The quantitative estimate of drug-likeness (QED) is 0.839.